The Kier molecular flexibility index (Phi) is 3.99. The van der Waals surface area contributed by atoms with E-state index in [0.717, 1.165) is 11.3 Å². The first kappa shape index (κ1) is 12.6. The number of carbonyl (C=O) groups is 1. The normalized spacial score (nSPS) is 10.3. The molecule has 0 saturated heterocycles. The van der Waals surface area contributed by atoms with Crippen LogP contribution >= 0.6 is 11.6 Å². The van der Waals surface area contributed by atoms with Crippen LogP contribution in [0.4, 0.5) is 0 Å². The largest absolute Gasteiger partial charge is 0.448 e. The van der Waals surface area contributed by atoms with Gasteiger partial charge in [0.1, 0.15) is 5.76 Å². The number of benzene rings is 1. The molecule has 1 heterocycles. The van der Waals surface area contributed by atoms with Gasteiger partial charge in [0.2, 0.25) is 5.91 Å². The van der Waals surface area contributed by atoms with Gasteiger partial charge in [-0.1, -0.05) is 29.8 Å². The topological polar surface area (TPSA) is 55.1 Å². The van der Waals surface area contributed by atoms with Crippen molar-refractivity contribution < 1.29 is 9.21 Å². The molecule has 0 saturated carbocycles. The maximum Gasteiger partial charge on any atom is 0.227 e. The van der Waals surface area contributed by atoms with Gasteiger partial charge >= 0.3 is 0 Å². The lowest BCUT2D eigenvalue weighted by Crippen LogP contribution is -2.24. The maximum atomic E-state index is 11.7. The molecule has 4 nitrogen and oxygen atoms in total. The summed E-state index contributed by atoms with van der Waals surface area (Å²) in [4.78, 5) is 15.6. The fraction of sp³-hybridized carbons (Fsp3) is 0.231. The number of aromatic nitrogens is 1. The number of hydrogen-bond acceptors (Lipinski definition) is 3. The minimum absolute atomic E-state index is 0.116. The van der Waals surface area contributed by atoms with Crippen molar-refractivity contribution >= 4 is 17.5 Å². The van der Waals surface area contributed by atoms with Crippen LogP contribution < -0.4 is 5.32 Å². The number of nitrogens with zero attached hydrogens (tertiary/aromatic N) is 1. The van der Waals surface area contributed by atoms with E-state index in [2.05, 4.69) is 10.3 Å². The van der Waals surface area contributed by atoms with E-state index in [4.69, 9.17) is 16.0 Å². The number of aryl methyl sites for hydroxylation is 1. The van der Waals surface area contributed by atoms with Crippen LogP contribution in [0.15, 0.2) is 35.1 Å². The maximum absolute atomic E-state index is 11.7. The highest BCUT2D eigenvalue weighted by atomic mass is 35.5. The summed E-state index contributed by atoms with van der Waals surface area (Å²) in [7, 11) is 0. The Morgan fingerprint density at radius 1 is 1.44 bits per heavy atom. The average molecular weight is 265 g/mol. The van der Waals surface area contributed by atoms with Crippen molar-refractivity contribution in [3.8, 4) is 0 Å². The van der Waals surface area contributed by atoms with Crippen molar-refractivity contribution in [3.05, 3.63) is 52.7 Å². The van der Waals surface area contributed by atoms with Crippen LogP contribution in [0, 0.1) is 6.92 Å². The zero-order valence-corrected chi connectivity index (χ0v) is 10.7. The fourth-order valence-electron chi connectivity index (χ4n) is 1.54. The van der Waals surface area contributed by atoms with Gasteiger partial charge in [-0.2, -0.15) is 0 Å². The first-order chi connectivity index (χ1) is 8.66. The molecule has 0 radical (unpaired) electrons. The van der Waals surface area contributed by atoms with E-state index in [1.54, 1.807) is 13.0 Å². The van der Waals surface area contributed by atoms with Gasteiger partial charge in [0.15, 0.2) is 6.39 Å². The summed E-state index contributed by atoms with van der Waals surface area (Å²) < 4.78 is 5.11. The third-order valence-electron chi connectivity index (χ3n) is 2.60. The average Bonchev–Trinajstić information content (AvgIpc) is 2.74. The lowest BCUT2D eigenvalue weighted by Gasteiger charge is -2.06. The number of carbonyl (C=O) groups excluding carboxylic acids is 1. The third kappa shape index (κ3) is 3.11. The minimum atomic E-state index is -0.116. The van der Waals surface area contributed by atoms with Crippen LogP contribution in [0.2, 0.25) is 5.02 Å². The molecule has 1 N–H and O–H groups in total. The lowest BCUT2D eigenvalue weighted by molar-refractivity contribution is -0.120. The van der Waals surface area contributed by atoms with Crippen molar-refractivity contribution in [2.45, 2.75) is 19.9 Å². The molecule has 0 atom stereocenters. The summed E-state index contributed by atoms with van der Waals surface area (Å²) >= 11 is 6.00. The van der Waals surface area contributed by atoms with Crippen LogP contribution in [0.3, 0.4) is 0 Å². The molecule has 5 heteroatoms. The summed E-state index contributed by atoms with van der Waals surface area (Å²) in [6.45, 7) is 2.21. The second-order valence-corrected chi connectivity index (χ2v) is 4.31. The van der Waals surface area contributed by atoms with E-state index in [1.165, 1.54) is 6.39 Å². The highest BCUT2D eigenvalue weighted by molar-refractivity contribution is 6.31. The van der Waals surface area contributed by atoms with Crippen molar-refractivity contribution in [2.24, 2.45) is 0 Å². The molecule has 0 aliphatic rings. The molecule has 0 aliphatic carbocycles. The van der Waals surface area contributed by atoms with Gasteiger partial charge in [0, 0.05) is 11.6 Å². The zero-order chi connectivity index (χ0) is 13.0. The van der Waals surface area contributed by atoms with E-state index < -0.39 is 0 Å². The summed E-state index contributed by atoms with van der Waals surface area (Å²) in [6, 6.07) is 7.41. The molecule has 0 spiro atoms. The van der Waals surface area contributed by atoms with Gasteiger partial charge in [0.05, 0.1) is 12.1 Å². The smallest absolute Gasteiger partial charge is 0.227 e. The second kappa shape index (κ2) is 5.69. The molecule has 18 heavy (non-hydrogen) atoms. The summed E-state index contributed by atoms with van der Waals surface area (Å²) in [6.07, 6.45) is 1.53. The van der Waals surface area contributed by atoms with Gasteiger partial charge in [-0.3, -0.25) is 4.79 Å². The van der Waals surface area contributed by atoms with Crippen molar-refractivity contribution in [2.75, 3.05) is 0 Å². The molecule has 2 rings (SSSR count). The number of oxazole rings is 1. The van der Waals surface area contributed by atoms with E-state index in [9.17, 15) is 4.79 Å². The van der Waals surface area contributed by atoms with E-state index in [1.807, 2.05) is 18.2 Å². The Labute approximate surface area is 110 Å². The molecular weight excluding hydrogens is 252 g/mol. The van der Waals surface area contributed by atoms with Crippen molar-refractivity contribution in [1.82, 2.24) is 10.3 Å². The molecular formula is C13H13ClN2O2. The number of halogens is 1. The summed E-state index contributed by atoms with van der Waals surface area (Å²) in [5.41, 5.74) is 1.63. The SMILES string of the molecule is Cc1ncoc1CC(=O)NCc1ccccc1Cl. The number of nitrogens with one attached hydrogen (secondary N) is 1. The van der Waals surface area contributed by atoms with Crippen LogP contribution in [0.25, 0.3) is 0 Å². The quantitative estimate of drug-likeness (QED) is 0.923. The second-order valence-electron chi connectivity index (χ2n) is 3.91. The summed E-state index contributed by atoms with van der Waals surface area (Å²) in [5, 5.41) is 3.44. The highest BCUT2D eigenvalue weighted by Crippen LogP contribution is 2.14. The Bertz CT molecular complexity index is 551. The van der Waals surface area contributed by atoms with Crippen molar-refractivity contribution in [3.63, 3.8) is 0 Å². The van der Waals surface area contributed by atoms with E-state index in [0.29, 0.717) is 17.3 Å². The summed E-state index contributed by atoms with van der Waals surface area (Å²) in [5.74, 6) is 0.474. The molecule has 0 unspecified atom stereocenters. The first-order valence-electron chi connectivity index (χ1n) is 5.56. The Balaban J connectivity index is 1.90. The predicted molar refractivity (Wildman–Crippen MR) is 68.2 cm³/mol. The van der Waals surface area contributed by atoms with Crippen LogP contribution in [-0.4, -0.2) is 10.9 Å². The van der Waals surface area contributed by atoms with Gasteiger partial charge in [-0.15, -0.1) is 0 Å². The van der Waals surface area contributed by atoms with Crippen LogP contribution in [0.5, 0.6) is 0 Å². The van der Waals surface area contributed by atoms with Gasteiger partial charge in [-0.05, 0) is 18.6 Å². The fourth-order valence-corrected chi connectivity index (χ4v) is 1.74. The molecule has 1 amide bonds. The van der Waals surface area contributed by atoms with Gasteiger partial charge in [-0.25, -0.2) is 4.98 Å². The molecule has 94 valence electrons. The molecule has 1 aromatic heterocycles. The molecule has 0 bridgehead atoms. The van der Waals surface area contributed by atoms with E-state index >= 15 is 0 Å². The van der Waals surface area contributed by atoms with E-state index in [-0.39, 0.29) is 12.3 Å². The van der Waals surface area contributed by atoms with Crippen molar-refractivity contribution in [1.29, 1.82) is 0 Å². The number of amides is 1. The Hall–Kier alpha value is -1.81. The first-order valence-corrected chi connectivity index (χ1v) is 5.93. The number of rotatable bonds is 4. The lowest BCUT2D eigenvalue weighted by atomic mass is 10.2. The Morgan fingerprint density at radius 3 is 2.89 bits per heavy atom. The standard InChI is InChI=1S/C13H13ClN2O2/c1-9-12(18-8-16-9)6-13(17)15-7-10-4-2-3-5-11(10)14/h2-5,8H,6-7H2,1H3,(H,15,17). The van der Waals surface area contributed by atoms with Crippen LogP contribution in [-0.2, 0) is 17.8 Å². The molecule has 1 aromatic carbocycles. The molecule has 2 aromatic rings. The highest BCUT2D eigenvalue weighted by Gasteiger charge is 2.10. The molecule has 0 aliphatic heterocycles. The van der Waals surface area contributed by atoms with Crippen LogP contribution in [0.1, 0.15) is 17.0 Å². The third-order valence-corrected chi connectivity index (χ3v) is 2.97. The molecule has 0 fully saturated rings. The zero-order valence-electron chi connectivity index (χ0n) is 9.94. The van der Waals surface area contributed by atoms with Gasteiger partial charge in [0.25, 0.3) is 0 Å². The minimum Gasteiger partial charge on any atom is -0.448 e. The predicted octanol–water partition coefficient (Wildman–Crippen LogP) is 2.50. The number of hydrogen-bond donors (Lipinski definition) is 1. The monoisotopic (exact) mass is 264 g/mol. The Morgan fingerprint density at radius 2 is 2.22 bits per heavy atom. The van der Waals surface area contributed by atoms with Gasteiger partial charge < -0.3 is 9.73 Å².